The first-order valence-corrected chi connectivity index (χ1v) is 9.41. The van der Waals surface area contributed by atoms with Crippen molar-refractivity contribution in [3.8, 4) is 0 Å². The van der Waals surface area contributed by atoms with Gasteiger partial charge in [0.25, 0.3) is 0 Å². The van der Waals surface area contributed by atoms with Gasteiger partial charge in [0.05, 0.1) is 0 Å². The predicted molar refractivity (Wildman–Crippen MR) is 88.9 cm³/mol. The second-order valence-corrected chi connectivity index (χ2v) is 8.33. The third-order valence-corrected chi connectivity index (χ3v) is 5.23. The summed E-state index contributed by atoms with van der Waals surface area (Å²) in [5.41, 5.74) is -0.402. The van der Waals surface area contributed by atoms with Crippen LogP contribution in [0.15, 0.2) is 0 Å². The largest absolute Gasteiger partial charge is 0.444 e. The van der Waals surface area contributed by atoms with Crippen LogP contribution in [0.1, 0.15) is 52.9 Å². The van der Waals surface area contributed by atoms with Crippen LogP contribution in [-0.4, -0.2) is 53.3 Å². The lowest BCUT2D eigenvalue weighted by atomic mass is 10.1. The zero-order chi connectivity index (χ0) is 15.3. The number of carbonyl (C=O) groups excluding carboxylic acids is 1. The maximum absolute atomic E-state index is 12.1. The van der Waals surface area contributed by atoms with E-state index in [1.165, 1.54) is 30.8 Å². The summed E-state index contributed by atoms with van der Waals surface area (Å²) in [6, 6.07) is 1.22. The Balaban J connectivity index is 1.77. The molecule has 122 valence electrons. The Morgan fingerprint density at radius 2 is 1.90 bits per heavy atom. The van der Waals surface area contributed by atoms with E-state index >= 15 is 0 Å². The SMILES string of the molecule is CC(C)(C)OC(=O)N1CCC[C@H](N[C@@H]2CCCSC2)CC1. The van der Waals surface area contributed by atoms with Crippen molar-refractivity contribution >= 4 is 17.9 Å². The van der Waals surface area contributed by atoms with Crippen LogP contribution < -0.4 is 5.32 Å². The monoisotopic (exact) mass is 314 g/mol. The molecule has 2 aliphatic heterocycles. The molecule has 1 N–H and O–H groups in total. The number of nitrogens with one attached hydrogen (secondary N) is 1. The lowest BCUT2D eigenvalue weighted by Gasteiger charge is -2.28. The van der Waals surface area contributed by atoms with Gasteiger partial charge < -0.3 is 15.0 Å². The average molecular weight is 314 g/mol. The second-order valence-electron chi connectivity index (χ2n) is 7.18. The van der Waals surface area contributed by atoms with Crippen molar-refractivity contribution < 1.29 is 9.53 Å². The van der Waals surface area contributed by atoms with Gasteiger partial charge in [-0.05, 0) is 58.6 Å². The van der Waals surface area contributed by atoms with Crippen LogP contribution >= 0.6 is 11.8 Å². The van der Waals surface area contributed by atoms with Gasteiger partial charge in [-0.3, -0.25) is 0 Å². The van der Waals surface area contributed by atoms with Gasteiger partial charge in [-0.2, -0.15) is 11.8 Å². The molecule has 1 amide bonds. The van der Waals surface area contributed by atoms with Gasteiger partial charge in [-0.1, -0.05) is 0 Å². The Bertz CT molecular complexity index is 338. The molecule has 2 fully saturated rings. The van der Waals surface area contributed by atoms with Crippen molar-refractivity contribution in [2.45, 2.75) is 70.6 Å². The summed E-state index contributed by atoms with van der Waals surface area (Å²) in [5, 5.41) is 3.81. The quantitative estimate of drug-likeness (QED) is 0.849. The molecule has 0 saturated carbocycles. The van der Waals surface area contributed by atoms with Crippen LogP contribution in [0.2, 0.25) is 0 Å². The maximum atomic E-state index is 12.1. The molecule has 0 aliphatic carbocycles. The first-order chi connectivity index (χ1) is 9.94. The Kier molecular flexibility index (Phi) is 6.23. The molecule has 2 saturated heterocycles. The number of amides is 1. The predicted octanol–water partition coefficient (Wildman–Crippen LogP) is 3.26. The minimum Gasteiger partial charge on any atom is -0.444 e. The van der Waals surface area contributed by atoms with Gasteiger partial charge in [0.1, 0.15) is 5.60 Å². The van der Waals surface area contributed by atoms with Crippen molar-refractivity contribution in [3.05, 3.63) is 0 Å². The van der Waals surface area contributed by atoms with Crippen LogP contribution in [0.25, 0.3) is 0 Å². The van der Waals surface area contributed by atoms with Gasteiger partial charge in [0, 0.05) is 30.9 Å². The summed E-state index contributed by atoms with van der Waals surface area (Å²) >= 11 is 2.06. The van der Waals surface area contributed by atoms with Gasteiger partial charge in [-0.25, -0.2) is 4.79 Å². The molecular formula is C16H30N2O2S. The van der Waals surface area contributed by atoms with E-state index < -0.39 is 5.60 Å². The Morgan fingerprint density at radius 1 is 1.14 bits per heavy atom. The topological polar surface area (TPSA) is 41.6 Å². The lowest BCUT2D eigenvalue weighted by Crippen LogP contribution is -2.42. The van der Waals surface area contributed by atoms with E-state index in [9.17, 15) is 4.79 Å². The van der Waals surface area contributed by atoms with Gasteiger partial charge >= 0.3 is 6.09 Å². The Morgan fingerprint density at radius 3 is 2.57 bits per heavy atom. The maximum Gasteiger partial charge on any atom is 0.410 e. The van der Waals surface area contributed by atoms with Crippen LogP contribution in [0.5, 0.6) is 0 Å². The van der Waals surface area contributed by atoms with E-state index in [2.05, 4.69) is 17.1 Å². The summed E-state index contributed by atoms with van der Waals surface area (Å²) in [5.74, 6) is 2.56. The molecule has 5 heteroatoms. The molecule has 0 aromatic carbocycles. The lowest BCUT2D eigenvalue weighted by molar-refractivity contribution is 0.0256. The molecule has 0 bridgehead atoms. The van der Waals surface area contributed by atoms with Crippen molar-refractivity contribution in [1.82, 2.24) is 10.2 Å². The van der Waals surface area contributed by atoms with Crippen molar-refractivity contribution in [1.29, 1.82) is 0 Å². The molecule has 0 aromatic rings. The second kappa shape index (κ2) is 7.73. The highest BCUT2D eigenvalue weighted by Crippen LogP contribution is 2.20. The fraction of sp³-hybridized carbons (Fsp3) is 0.938. The number of ether oxygens (including phenoxy) is 1. The fourth-order valence-electron chi connectivity index (χ4n) is 2.98. The molecular weight excluding hydrogens is 284 g/mol. The number of carbonyl (C=O) groups is 1. The summed E-state index contributed by atoms with van der Waals surface area (Å²) in [6.07, 6.45) is 5.76. The average Bonchev–Trinajstić information content (AvgIpc) is 2.64. The summed E-state index contributed by atoms with van der Waals surface area (Å²) < 4.78 is 5.48. The van der Waals surface area contributed by atoms with E-state index in [4.69, 9.17) is 4.74 Å². The standard InChI is InChI=1S/C16H30N2O2S/c1-16(2,3)20-15(19)18-9-4-6-13(8-10-18)17-14-7-5-11-21-12-14/h13-14,17H,4-12H2,1-3H3/t13-,14+/m0/s1. The van der Waals surface area contributed by atoms with Crippen molar-refractivity contribution in [2.24, 2.45) is 0 Å². The molecule has 2 heterocycles. The van der Waals surface area contributed by atoms with E-state index in [0.29, 0.717) is 12.1 Å². The minimum atomic E-state index is -0.402. The minimum absolute atomic E-state index is 0.156. The number of rotatable bonds is 2. The highest BCUT2D eigenvalue weighted by atomic mass is 32.2. The third kappa shape index (κ3) is 6.07. The number of likely N-dealkylation sites (tertiary alicyclic amines) is 1. The number of hydrogen-bond donors (Lipinski definition) is 1. The molecule has 0 spiro atoms. The number of thioether (sulfide) groups is 1. The first kappa shape index (κ1) is 16.9. The Labute approximate surface area is 133 Å². The normalized spacial score (nSPS) is 28.0. The molecule has 0 radical (unpaired) electrons. The van der Waals surface area contributed by atoms with Crippen molar-refractivity contribution in [2.75, 3.05) is 24.6 Å². The number of nitrogens with zero attached hydrogens (tertiary/aromatic N) is 1. The van der Waals surface area contributed by atoms with Crippen molar-refractivity contribution in [3.63, 3.8) is 0 Å². The van der Waals surface area contributed by atoms with E-state index in [1.807, 2.05) is 25.7 Å². The molecule has 0 unspecified atom stereocenters. The van der Waals surface area contributed by atoms with Gasteiger partial charge in [-0.15, -0.1) is 0 Å². The molecule has 4 nitrogen and oxygen atoms in total. The molecule has 2 atom stereocenters. The molecule has 21 heavy (non-hydrogen) atoms. The summed E-state index contributed by atoms with van der Waals surface area (Å²) in [4.78, 5) is 14.0. The van der Waals surface area contributed by atoms with E-state index in [-0.39, 0.29) is 6.09 Å². The van der Waals surface area contributed by atoms with Crippen LogP contribution in [0.4, 0.5) is 4.79 Å². The van der Waals surface area contributed by atoms with Crippen LogP contribution in [-0.2, 0) is 4.74 Å². The fourth-order valence-corrected chi connectivity index (χ4v) is 4.06. The molecule has 2 rings (SSSR count). The third-order valence-electron chi connectivity index (χ3n) is 4.01. The van der Waals surface area contributed by atoms with E-state index in [0.717, 1.165) is 25.9 Å². The van der Waals surface area contributed by atoms with Crippen LogP contribution in [0, 0.1) is 0 Å². The zero-order valence-electron chi connectivity index (χ0n) is 13.7. The smallest absolute Gasteiger partial charge is 0.410 e. The Hall–Kier alpha value is -0.420. The molecule has 2 aliphatic rings. The van der Waals surface area contributed by atoms with Gasteiger partial charge in [0.2, 0.25) is 0 Å². The summed E-state index contributed by atoms with van der Waals surface area (Å²) in [7, 11) is 0. The highest BCUT2D eigenvalue weighted by molar-refractivity contribution is 7.99. The first-order valence-electron chi connectivity index (χ1n) is 8.26. The summed E-state index contributed by atoms with van der Waals surface area (Å²) in [6.45, 7) is 7.41. The van der Waals surface area contributed by atoms with Gasteiger partial charge in [0.15, 0.2) is 0 Å². The zero-order valence-corrected chi connectivity index (χ0v) is 14.5. The molecule has 0 aromatic heterocycles. The number of hydrogen-bond acceptors (Lipinski definition) is 4. The van der Waals surface area contributed by atoms with Crippen LogP contribution in [0.3, 0.4) is 0 Å². The highest BCUT2D eigenvalue weighted by Gasteiger charge is 2.26. The van der Waals surface area contributed by atoms with E-state index in [1.54, 1.807) is 0 Å².